The first-order chi connectivity index (χ1) is 12.5. The van der Waals surface area contributed by atoms with Crippen molar-refractivity contribution in [1.82, 2.24) is 4.90 Å². The van der Waals surface area contributed by atoms with Gasteiger partial charge in [0.05, 0.1) is 25.4 Å². The molecule has 3 aliphatic rings. The molecule has 7 heteroatoms. The van der Waals surface area contributed by atoms with E-state index >= 15 is 0 Å². The minimum Gasteiger partial charge on any atom is -0.381 e. The highest BCUT2D eigenvalue weighted by molar-refractivity contribution is 5.90. The maximum Gasteiger partial charge on any atom is 0.321 e. The summed E-state index contributed by atoms with van der Waals surface area (Å²) in [5.41, 5.74) is 1.26. The highest BCUT2D eigenvalue weighted by Gasteiger charge is 2.39. The van der Waals surface area contributed by atoms with Crippen LogP contribution in [-0.2, 0) is 9.47 Å². The molecule has 26 heavy (non-hydrogen) atoms. The molecule has 2 amide bonds. The van der Waals surface area contributed by atoms with Gasteiger partial charge in [0.15, 0.2) is 0 Å². The number of carbonyl (C=O) groups excluding carboxylic acids is 1. The molecular weight excluding hydrogens is 337 g/mol. The van der Waals surface area contributed by atoms with Crippen molar-refractivity contribution in [2.75, 3.05) is 49.6 Å². The summed E-state index contributed by atoms with van der Waals surface area (Å²) in [5.74, 6) is 0.511. The molecule has 0 aliphatic carbocycles. The third-order valence-electron chi connectivity index (χ3n) is 5.45. The van der Waals surface area contributed by atoms with Gasteiger partial charge in [0, 0.05) is 49.4 Å². The first-order valence-electron chi connectivity index (χ1n) is 9.32. The van der Waals surface area contributed by atoms with E-state index in [1.807, 2.05) is 19.9 Å². The Bertz CT molecular complexity index is 664. The van der Waals surface area contributed by atoms with Gasteiger partial charge >= 0.3 is 6.03 Å². The maximum atomic E-state index is 14.2. The molecule has 3 fully saturated rings. The molecule has 1 N–H and O–H groups in total. The SMILES string of the molecule is C[C@@H]1CN(c2cc(F)cc(NC(=O)N3C[C@H]4COC[C@H]4C3)c2)C[C@H](C)O1. The van der Waals surface area contributed by atoms with Gasteiger partial charge in [0.2, 0.25) is 0 Å². The molecule has 3 aliphatic heterocycles. The highest BCUT2D eigenvalue weighted by atomic mass is 19.1. The summed E-state index contributed by atoms with van der Waals surface area (Å²) in [7, 11) is 0. The van der Waals surface area contributed by atoms with Gasteiger partial charge in [-0.2, -0.15) is 0 Å². The fourth-order valence-corrected chi connectivity index (χ4v) is 4.27. The van der Waals surface area contributed by atoms with Crippen molar-refractivity contribution in [2.45, 2.75) is 26.1 Å². The summed E-state index contributed by atoms with van der Waals surface area (Å²) in [4.78, 5) is 16.5. The molecule has 142 valence electrons. The second-order valence-electron chi connectivity index (χ2n) is 7.75. The quantitative estimate of drug-likeness (QED) is 0.877. The van der Waals surface area contributed by atoms with Gasteiger partial charge in [-0.05, 0) is 32.0 Å². The second kappa shape index (κ2) is 7.04. The van der Waals surface area contributed by atoms with Crippen LogP contribution < -0.4 is 10.2 Å². The van der Waals surface area contributed by atoms with E-state index in [4.69, 9.17) is 9.47 Å². The van der Waals surface area contributed by atoms with Crippen molar-refractivity contribution in [1.29, 1.82) is 0 Å². The molecule has 1 aromatic rings. The molecule has 3 heterocycles. The number of halogens is 1. The third-order valence-corrected chi connectivity index (χ3v) is 5.45. The van der Waals surface area contributed by atoms with E-state index in [0.717, 1.165) is 18.9 Å². The number of urea groups is 1. The number of morpholine rings is 1. The van der Waals surface area contributed by atoms with Crippen molar-refractivity contribution >= 4 is 17.4 Å². The van der Waals surface area contributed by atoms with Crippen molar-refractivity contribution < 1.29 is 18.7 Å². The Balaban J connectivity index is 1.45. The number of likely N-dealkylation sites (tertiary alicyclic amines) is 1. The van der Waals surface area contributed by atoms with E-state index in [1.54, 1.807) is 4.90 Å². The number of nitrogens with one attached hydrogen (secondary N) is 1. The molecule has 4 rings (SSSR count). The van der Waals surface area contributed by atoms with E-state index in [-0.39, 0.29) is 24.1 Å². The summed E-state index contributed by atoms with van der Waals surface area (Å²) < 4.78 is 25.3. The van der Waals surface area contributed by atoms with Gasteiger partial charge in [-0.3, -0.25) is 0 Å². The van der Waals surface area contributed by atoms with E-state index in [0.29, 0.717) is 43.7 Å². The van der Waals surface area contributed by atoms with Crippen molar-refractivity contribution in [3.05, 3.63) is 24.0 Å². The largest absolute Gasteiger partial charge is 0.381 e. The molecule has 0 radical (unpaired) electrons. The lowest BCUT2D eigenvalue weighted by molar-refractivity contribution is -0.00523. The van der Waals surface area contributed by atoms with Gasteiger partial charge in [-0.1, -0.05) is 0 Å². The first kappa shape index (κ1) is 17.5. The lowest BCUT2D eigenvalue weighted by Crippen LogP contribution is -2.45. The minimum absolute atomic E-state index is 0.0892. The third kappa shape index (κ3) is 3.64. The Hall–Kier alpha value is -1.86. The number of carbonyl (C=O) groups is 1. The second-order valence-corrected chi connectivity index (χ2v) is 7.75. The molecular formula is C19H26FN3O3. The average Bonchev–Trinajstić information content (AvgIpc) is 3.15. The van der Waals surface area contributed by atoms with Gasteiger partial charge in [-0.15, -0.1) is 0 Å². The van der Waals surface area contributed by atoms with Crippen LogP contribution in [0, 0.1) is 17.7 Å². The van der Waals surface area contributed by atoms with Crippen LogP contribution in [0.15, 0.2) is 18.2 Å². The molecule has 0 aromatic heterocycles. The molecule has 0 spiro atoms. The fraction of sp³-hybridized carbons (Fsp3) is 0.632. The van der Waals surface area contributed by atoms with Gasteiger partial charge in [0.25, 0.3) is 0 Å². The number of benzene rings is 1. The summed E-state index contributed by atoms with van der Waals surface area (Å²) in [6, 6.07) is 4.55. The fourth-order valence-electron chi connectivity index (χ4n) is 4.27. The number of amides is 2. The number of rotatable bonds is 2. The predicted octanol–water partition coefficient (Wildman–Crippen LogP) is 2.55. The van der Waals surface area contributed by atoms with Gasteiger partial charge in [-0.25, -0.2) is 9.18 Å². The lowest BCUT2D eigenvalue weighted by atomic mass is 10.0. The Morgan fingerprint density at radius 2 is 1.73 bits per heavy atom. The van der Waals surface area contributed by atoms with Crippen molar-refractivity contribution in [3.63, 3.8) is 0 Å². The first-order valence-corrected chi connectivity index (χ1v) is 9.32. The van der Waals surface area contributed by atoms with E-state index in [9.17, 15) is 9.18 Å². The molecule has 1 aromatic carbocycles. The Labute approximate surface area is 153 Å². The summed E-state index contributed by atoms with van der Waals surface area (Å²) >= 11 is 0. The van der Waals surface area contributed by atoms with Crippen molar-refractivity contribution in [2.24, 2.45) is 11.8 Å². The maximum absolute atomic E-state index is 14.2. The number of anilines is 2. The number of hydrogen-bond acceptors (Lipinski definition) is 4. The summed E-state index contributed by atoms with van der Waals surface area (Å²) in [6.07, 6.45) is 0.178. The molecule has 4 atom stereocenters. The number of nitrogens with zero attached hydrogens (tertiary/aromatic N) is 2. The van der Waals surface area contributed by atoms with Gasteiger partial charge < -0.3 is 24.6 Å². The Kier molecular flexibility index (Phi) is 4.75. The van der Waals surface area contributed by atoms with Crippen LogP contribution in [0.3, 0.4) is 0 Å². The van der Waals surface area contributed by atoms with E-state index in [1.165, 1.54) is 12.1 Å². The van der Waals surface area contributed by atoms with Crippen LogP contribution in [-0.4, -0.2) is 62.5 Å². The molecule has 0 unspecified atom stereocenters. The van der Waals surface area contributed by atoms with Crippen molar-refractivity contribution in [3.8, 4) is 0 Å². The Morgan fingerprint density at radius 1 is 1.08 bits per heavy atom. The van der Waals surface area contributed by atoms with Crippen LogP contribution in [0.25, 0.3) is 0 Å². The number of hydrogen-bond donors (Lipinski definition) is 1. The van der Waals surface area contributed by atoms with Crippen LogP contribution in [0.5, 0.6) is 0 Å². The standard InChI is InChI=1S/C19H26FN3O3/c1-12-6-22(7-13(2)26-12)18-4-16(20)3-17(5-18)21-19(24)23-8-14-10-25-11-15(14)9-23/h3-5,12-15H,6-11H2,1-2H3,(H,21,24)/t12-,13+,14-,15+. The Morgan fingerprint density at radius 3 is 2.38 bits per heavy atom. The smallest absolute Gasteiger partial charge is 0.321 e. The monoisotopic (exact) mass is 363 g/mol. The zero-order valence-electron chi connectivity index (χ0n) is 15.3. The lowest BCUT2D eigenvalue weighted by Gasteiger charge is -2.37. The van der Waals surface area contributed by atoms with E-state index < -0.39 is 0 Å². The van der Waals surface area contributed by atoms with Crippen LogP contribution >= 0.6 is 0 Å². The average molecular weight is 363 g/mol. The van der Waals surface area contributed by atoms with Gasteiger partial charge in [0.1, 0.15) is 5.82 Å². The predicted molar refractivity (Wildman–Crippen MR) is 97.0 cm³/mol. The van der Waals surface area contributed by atoms with Crippen LogP contribution in [0.2, 0.25) is 0 Å². The highest BCUT2D eigenvalue weighted by Crippen LogP contribution is 2.30. The molecule has 0 saturated carbocycles. The normalized spacial score (nSPS) is 31.2. The summed E-state index contributed by atoms with van der Waals surface area (Å²) in [6.45, 7) is 8.30. The van der Waals surface area contributed by atoms with Crippen LogP contribution in [0.4, 0.5) is 20.6 Å². The zero-order chi connectivity index (χ0) is 18.3. The number of ether oxygens (including phenoxy) is 2. The molecule has 0 bridgehead atoms. The topological polar surface area (TPSA) is 54.0 Å². The molecule has 3 saturated heterocycles. The minimum atomic E-state index is -0.351. The molecule has 6 nitrogen and oxygen atoms in total. The van der Waals surface area contributed by atoms with Crippen LogP contribution in [0.1, 0.15) is 13.8 Å². The summed E-state index contributed by atoms with van der Waals surface area (Å²) in [5, 5.41) is 2.86. The number of fused-ring (bicyclic) bond motifs is 1. The zero-order valence-corrected chi connectivity index (χ0v) is 15.3. The van der Waals surface area contributed by atoms with E-state index in [2.05, 4.69) is 10.2 Å².